The Labute approximate surface area is 199 Å². The van der Waals surface area contributed by atoms with Crippen molar-refractivity contribution in [2.45, 2.75) is 31.3 Å². The Morgan fingerprint density at radius 3 is 2.29 bits per heavy atom. The molecule has 1 unspecified atom stereocenters. The number of methoxy groups -OCH3 is 2. The molecule has 3 aromatic carbocycles. The standard InChI is InChI=1S/C27H30FN3O3/c1-4-5-16-29-26(32)25(19-10-6-7-11-21(19)28)27(30-22-12-8-9-13-23(22)31-27)20-15-14-18(33-2)17-24(20)34-3/h6-15,17,25,30-31H,4-5,16H2,1-3H3,(H,29,32). The van der Waals surface area contributed by atoms with Gasteiger partial charge in [0.2, 0.25) is 5.91 Å². The number of carbonyl (C=O) groups excluding carboxylic acids is 1. The second-order valence-electron chi connectivity index (χ2n) is 8.27. The molecule has 1 aliphatic rings. The van der Waals surface area contributed by atoms with Gasteiger partial charge in [-0.1, -0.05) is 43.7 Å². The molecule has 0 saturated heterocycles. The van der Waals surface area contributed by atoms with Crippen molar-refractivity contribution < 1.29 is 18.7 Å². The van der Waals surface area contributed by atoms with Crippen molar-refractivity contribution in [2.24, 2.45) is 0 Å². The van der Waals surface area contributed by atoms with E-state index in [-0.39, 0.29) is 11.5 Å². The quantitative estimate of drug-likeness (QED) is 0.379. The first-order valence-electron chi connectivity index (χ1n) is 11.4. The highest BCUT2D eigenvalue weighted by molar-refractivity contribution is 5.90. The van der Waals surface area contributed by atoms with Crippen molar-refractivity contribution in [3.05, 3.63) is 83.7 Å². The molecule has 3 aromatic rings. The highest BCUT2D eigenvalue weighted by Gasteiger charge is 2.51. The van der Waals surface area contributed by atoms with Crippen LogP contribution < -0.4 is 25.4 Å². The molecule has 34 heavy (non-hydrogen) atoms. The van der Waals surface area contributed by atoms with Crippen LogP contribution in [-0.2, 0) is 10.5 Å². The molecule has 1 heterocycles. The van der Waals surface area contributed by atoms with Crippen LogP contribution in [0.1, 0.15) is 36.8 Å². The zero-order valence-corrected chi connectivity index (χ0v) is 19.7. The van der Waals surface area contributed by atoms with E-state index >= 15 is 4.39 Å². The van der Waals surface area contributed by atoms with Gasteiger partial charge in [0.15, 0.2) is 5.66 Å². The number of carbonyl (C=O) groups is 1. The van der Waals surface area contributed by atoms with E-state index in [1.807, 2.05) is 30.3 Å². The number of para-hydroxylation sites is 2. The lowest BCUT2D eigenvalue weighted by Crippen LogP contribution is -2.51. The van der Waals surface area contributed by atoms with Gasteiger partial charge in [0.1, 0.15) is 23.2 Å². The van der Waals surface area contributed by atoms with Gasteiger partial charge in [0.25, 0.3) is 0 Å². The number of hydrogen-bond donors (Lipinski definition) is 3. The van der Waals surface area contributed by atoms with E-state index in [9.17, 15) is 4.79 Å². The average molecular weight is 464 g/mol. The third kappa shape index (κ3) is 4.25. The van der Waals surface area contributed by atoms with Crippen molar-refractivity contribution >= 4 is 17.3 Å². The summed E-state index contributed by atoms with van der Waals surface area (Å²) in [5.41, 5.74) is 1.33. The van der Waals surface area contributed by atoms with E-state index in [0.717, 1.165) is 24.2 Å². The Hall–Kier alpha value is -3.74. The Morgan fingerprint density at radius 1 is 1.00 bits per heavy atom. The predicted octanol–water partition coefficient (Wildman–Crippen LogP) is 5.23. The lowest BCUT2D eigenvalue weighted by atomic mass is 9.79. The number of unbranched alkanes of at least 4 members (excludes halogenated alkanes) is 1. The Kier molecular flexibility index (Phi) is 6.91. The van der Waals surface area contributed by atoms with Crippen molar-refractivity contribution in [3.63, 3.8) is 0 Å². The summed E-state index contributed by atoms with van der Waals surface area (Å²) in [5.74, 6) is -0.579. The number of fused-ring (bicyclic) bond motifs is 1. The highest BCUT2D eigenvalue weighted by atomic mass is 19.1. The lowest BCUT2D eigenvalue weighted by Gasteiger charge is -2.39. The second kappa shape index (κ2) is 10.0. The number of rotatable bonds is 9. The molecule has 6 nitrogen and oxygen atoms in total. The molecule has 1 atom stereocenters. The van der Waals surface area contributed by atoms with Crippen LogP contribution in [0.2, 0.25) is 0 Å². The monoisotopic (exact) mass is 463 g/mol. The molecule has 0 radical (unpaired) electrons. The van der Waals surface area contributed by atoms with Crippen LogP contribution in [-0.4, -0.2) is 26.7 Å². The first-order valence-corrected chi connectivity index (χ1v) is 11.4. The zero-order valence-electron chi connectivity index (χ0n) is 19.7. The minimum Gasteiger partial charge on any atom is -0.497 e. The van der Waals surface area contributed by atoms with Gasteiger partial charge in [-0.25, -0.2) is 4.39 Å². The maximum Gasteiger partial charge on any atom is 0.232 e. The van der Waals surface area contributed by atoms with E-state index in [0.29, 0.717) is 23.6 Å². The van der Waals surface area contributed by atoms with Crippen LogP contribution in [0, 0.1) is 5.82 Å². The number of halogens is 1. The second-order valence-corrected chi connectivity index (χ2v) is 8.27. The summed E-state index contributed by atoms with van der Waals surface area (Å²) in [5, 5.41) is 10.0. The normalized spacial score (nSPS) is 14.4. The van der Waals surface area contributed by atoms with Gasteiger partial charge in [0.05, 0.1) is 25.6 Å². The fraction of sp³-hybridized carbons (Fsp3) is 0.296. The van der Waals surface area contributed by atoms with E-state index in [4.69, 9.17) is 9.47 Å². The molecule has 0 aliphatic carbocycles. The van der Waals surface area contributed by atoms with Crippen LogP contribution in [0.3, 0.4) is 0 Å². The molecule has 0 aromatic heterocycles. The number of hydrogen-bond acceptors (Lipinski definition) is 5. The number of ether oxygens (including phenoxy) is 2. The Bertz CT molecular complexity index is 1140. The molecule has 0 fully saturated rings. The molecule has 1 amide bonds. The number of anilines is 2. The van der Waals surface area contributed by atoms with Gasteiger partial charge in [0, 0.05) is 23.7 Å². The topological polar surface area (TPSA) is 71.6 Å². The van der Waals surface area contributed by atoms with E-state index < -0.39 is 17.4 Å². The third-order valence-electron chi connectivity index (χ3n) is 6.17. The van der Waals surface area contributed by atoms with Gasteiger partial charge in [-0.15, -0.1) is 0 Å². The highest BCUT2D eigenvalue weighted by Crippen LogP contribution is 2.50. The van der Waals surface area contributed by atoms with E-state index in [2.05, 4.69) is 22.9 Å². The summed E-state index contributed by atoms with van der Waals surface area (Å²) in [6.45, 7) is 2.56. The third-order valence-corrected chi connectivity index (χ3v) is 6.17. The molecular weight excluding hydrogens is 433 g/mol. The van der Waals surface area contributed by atoms with Crippen LogP contribution >= 0.6 is 0 Å². The molecule has 4 rings (SSSR count). The molecule has 0 saturated carbocycles. The van der Waals surface area contributed by atoms with Crippen molar-refractivity contribution in [3.8, 4) is 11.5 Å². The number of benzene rings is 3. The molecule has 0 bridgehead atoms. The van der Waals surface area contributed by atoms with Crippen LogP contribution in [0.4, 0.5) is 15.8 Å². The maximum atomic E-state index is 15.3. The Balaban J connectivity index is 1.94. The molecular formula is C27H30FN3O3. The summed E-state index contributed by atoms with van der Waals surface area (Å²) >= 11 is 0. The number of amides is 1. The minimum absolute atomic E-state index is 0.280. The summed E-state index contributed by atoms with van der Waals surface area (Å²) in [6, 6.07) is 19.5. The van der Waals surface area contributed by atoms with Crippen molar-refractivity contribution in [1.82, 2.24) is 5.32 Å². The van der Waals surface area contributed by atoms with Crippen molar-refractivity contribution in [2.75, 3.05) is 31.4 Å². The van der Waals surface area contributed by atoms with Gasteiger partial charge in [-0.3, -0.25) is 4.79 Å². The Morgan fingerprint density at radius 2 is 1.68 bits per heavy atom. The van der Waals surface area contributed by atoms with Crippen LogP contribution in [0.15, 0.2) is 66.7 Å². The maximum absolute atomic E-state index is 15.3. The van der Waals surface area contributed by atoms with E-state index in [1.54, 1.807) is 44.6 Å². The predicted molar refractivity (Wildman–Crippen MR) is 132 cm³/mol. The molecule has 1 aliphatic heterocycles. The van der Waals surface area contributed by atoms with Crippen LogP contribution in [0.5, 0.6) is 11.5 Å². The summed E-state index contributed by atoms with van der Waals surface area (Å²) in [7, 11) is 3.14. The summed E-state index contributed by atoms with van der Waals surface area (Å²) in [4.78, 5) is 13.8. The first kappa shape index (κ1) is 23.4. The fourth-order valence-corrected chi connectivity index (χ4v) is 4.49. The van der Waals surface area contributed by atoms with Crippen molar-refractivity contribution in [1.29, 1.82) is 0 Å². The van der Waals surface area contributed by atoms with E-state index in [1.165, 1.54) is 6.07 Å². The fourth-order valence-electron chi connectivity index (χ4n) is 4.49. The van der Waals surface area contributed by atoms with Gasteiger partial charge in [-0.2, -0.15) is 0 Å². The summed E-state index contributed by atoms with van der Waals surface area (Å²) in [6.07, 6.45) is 1.76. The molecule has 178 valence electrons. The zero-order chi connectivity index (χ0) is 24.1. The van der Waals surface area contributed by atoms with Gasteiger partial charge >= 0.3 is 0 Å². The first-order chi connectivity index (χ1) is 16.5. The lowest BCUT2D eigenvalue weighted by molar-refractivity contribution is -0.123. The largest absolute Gasteiger partial charge is 0.497 e. The van der Waals surface area contributed by atoms with Gasteiger partial charge in [-0.05, 0) is 36.8 Å². The molecule has 3 N–H and O–H groups in total. The molecule has 0 spiro atoms. The SMILES string of the molecule is CCCCNC(=O)C(c1ccccc1F)C1(c2ccc(OC)cc2OC)Nc2ccccc2N1. The smallest absolute Gasteiger partial charge is 0.232 e. The average Bonchev–Trinajstić information content (AvgIpc) is 3.25. The van der Waals surface area contributed by atoms with Gasteiger partial charge < -0.3 is 25.4 Å². The molecule has 7 heteroatoms. The minimum atomic E-state index is -1.22. The number of nitrogens with one attached hydrogen (secondary N) is 3. The van der Waals surface area contributed by atoms with Crippen LogP contribution in [0.25, 0.3) is 0 Å². The summed E-state index contributed by atoms with van der Waals surface area (Å²) < 4.78 is 26.4.